The molecule has 344 valence electrons. The largest absolute Gasteiger partial charge is 0.393 e. The molecule has 0 aromatic heterocycles. The highest BCUT2D eigenvalue weighted by molar-refractivity contribution is 6.02. The van der Waals surface area contributed by atoms with E-state index in [1.54, 1.807) is 0 Å². The summed E-state index contributed by atoms with van der Waals surface area (Å²) in [5.41, 5.74) is 0. The smallest absolute Gasteiger partial charge is 0.324 e. The first-order chi connectivity index (χ1) is 28.6. The van der Waals surface area contributed by atoms with Crippen LogP contribution in [0, 0.1) is 5.92 Å². The van der Waals surface area contributed by atoms with Crippen molar-refractivity contribution in [2.75, 3.05) is 0 Å². The Hall–Kier alpha value is -1.19. The van der Waals surface area contributed by atoms with Gasteiger partial charge in [0.1, 0.15) is 11.7 Å². The summed E-state index contributed by atoms with van der Waals surface area (Å²) in [4.78, 5) is 39.2. The predicted octanol–water partition coefficient (Wildman–Crippen LogP) is 18.6. The second-order valence-corrected chi connectivity index (χ2v) is 18.6. The van der Waals surface area contributed by atoms with E-state index in [9.17, 15) is 14.4 Å². The molecule has 0 N–H and O–H groups in total. The zero-order valence-corrected chi connectivity index (χ0v) is 39.9. The van der Waals surface area contributed by atoms with Crippen LogP contribution in [0.1, 0.15) is 323 Å². The zero-order valence-electron chi connectivity index (χ0n) is 39.9. The maximum absolute atomic E-state index is 13.4. The van der Waals surface area contributed by atoms with E-state index in [1.165, 1.54) is 225 Å². The Balaban J connectivity index is 4.32. The van der Waals surface area contributed by atoms with Gasteiger partial charge in [0, 0.05) is 12.8 Å². The first-order valence-corrected chi connectivity index (χ1v) is 26.8. The highest BCUT2D eigenvalue weighted by atomic mass is 16.6. The number of hydrogen-bond donors (Lipinski definition) is 0. The normalized spacial score (nSPS) is 12.0. The first-order valence-electron chi connectivity index (χ1n) is 26.8. The molecule has 0 spiro atoms. The molecular formula is C54H104O4. The Bertz CT molecular complexity index is 852. The molecule has 0 fully saturated rings. The van der Waals surface area contributed by atoms with Gasteiger partial charge in [-0.25, -0.2) is 0 Å². The lowest BCUT2D eigenvalue weighted by molar-refractivity contribution is -0.164. The molecule has 0 saturated heterocycles. The van der Waals surface area contributed by atoms with Gasteiger partial charge < -0.3 is 4.74 Å². The molecule has 0 saturated carbocycles. The van der Waals surface area contributed by atoms with E-state index >= 15 is 0 Å². The van der Waals surface area contributed by atoms with Crippen molar-refractivity contribution in [3.05, 3.63) is 0 Å². The van der Waals surface area contributed by atoms with Gasteiger partial charge in [-0.05, 0) is 19.3 Å². The van der Waals surface area contributed by atoms with Crippen molar-refractivity contribution in [2.24, 2.45) is 5.92 Å². The van der Waals surface area contributed by atoms with Crippen LogP contribution in [-0.2, 0) is 19.1 Å². The molecule has 0 bridgehead atoms. The number of rotatable bonds is 49. The van der Waals surface area contributed by atoms with Crippen LogP contribution in [0.5, 0.6) is 0 Å². The van der Waals surface area contributed by atoms with Crippen LogP contribution < -0.4 is 0 Å². The molecule has 0 aliphatic rings. The van der Waals surface area contributed by atoms with Gasteiger partial charge in [0.15, 0.2) is 0 Å². The molecular weight excluding hydrogens is 713 g/mol. The number of hydrogen-bond acceptors (Lipinski definition) is 4. The highest BCUT2D eigenvalue weighted by Crippen LogP contribution is 2.21. The molecule has 0 aliphatic heterocycles. The maximum atomic E-state index is 13.4. The monoisotopic (exact) mass is 817 g/mol. The molecule has 0 aliphatic carbocycles. The van der Waals surface area contributed by atoms with Gasteiger partial charge >= 0.3 is 11.9 Å². The number of carbonyl (C=O) groups excluding carboxylic acids is 3. The molecule has 1 atom stereocenters. The third-order valence-corrected chi connectivity index (χ3v) is 12.7. The second-order valence-electron chi connectivity index (χ2n) is 18.6. The maximum Gasteiger partial charge on any atom is 0.324 e. The summed E-state index contributed by atoms with van der Waals surface area (Å²) < 4.78 is 5.35. The molecule has 0 rings (SSSR count). The molecule has 4 nitrogen and oxygen atoms in total. The van der Waals surface area contributed by atoms with E-state index in [2.05, 4.69) is 20.8 Å². The van der Waals surface area contributed by atoms with Gasteiger partial charge in [-0.15, -0.1) is 0 Å². The van der Waals surface area contributed by atoms with E-state index < -0.39 is 17.9 Å². The lowest BCUT2D eigenvalue weighted by atomic mass is 9.92. The summed E-state index contributed by atoms with van der Waals surface area (Å²) >= 11 is 0. The summed E-state index contributed by atoms with van der Waals surface area (Å²) in [6.45, 7) is 6.84. The summed E-state index contributed by atoms with van der Waals surface area (Å²) in [5, 5.41) is 0. The fourth-order valence-corrected chi connectivity index (χ4v) is 8.67. The van der Waals surface area contributed by atoms with Gasteiger partial charge in [-0.2, -0.15) is 0 Å². The van der Waals surface area contributed by atoms with Crippen molar-refractivity contribution >= 4 is 17.7 Å². The Morgan fingerprint density at radius 2 is 0.517 bits per heavy atom. The first kappa shape index (κ1) is 56.8. The van der Waals surface area contributed by atoms with Crippen LogP contribution >= 0.6 is 0 Å². The Morgan fingerprint density at radius 3 is 0.793 bits per heavy atom. The van der Waals surface area contributed by atoms with Gasteiger partial charge in [0.2, 0.25) is 0 Å². The van der Waals surface area contributed by atoms with Crippen LogP contribution in [0.2, 0.25) is 0 Å². The number of unbranched alkanes of at least 4 members (excludes halogenated alkanes) is 41. The zero-order chi connectivity index (χ0) is 42.3. The molecule has 0 radical (unpaired) electrons. The van der Waals surface area contributed by atoms with Crippen LogP contribution in [0.15, 0.2) is 0 Å². The summed E-state index contributed by atoms with van der Waals surface area (Å²) in [7, 11) is 0. The average Bonchev–Trinajstić information content (AvgIpc) is 3.22. The average molecular weight is 817 g/mol. The predicted molar refractivity (Wildman–Crippen MR) is 254 cm³/mol. The van der Waals surface area contributed by atoms with Crippen molar-refractivity contribution in [2.45, 2.75) is 323 Å². The topological polar surface area (TPSA) is 60.4 Å². The number of Topliss-reactive ketones (excluding diaryl/α,β-unsaturated/α-hetero) is 1. The summed E-state index contributed by atoms with van der Waals surface area (Å²) in [6.07, 6.45) is 57.7. The summed E-state index contributed by atoms with van der Waals surface area (Å²) in [5.74, 6) is -1.79. The summed E-state index contributed by atoms with van der Waals surface area (Å²) in [6, 6.07) is 0. The molecule has 0 heterocycles. The molecule has 4 heteroatoms. The molecule has 0 aromatic rings. The lowest BCUT2D eigenvalue weighted by Gasteiger charge is -2.14. The van der Waals surface area contributed by atoms with Crippen molar-refractivity contribution in [1.29, 1.82) is 0 Å². The van der Waals surface area contributed by atoms with Gasteiger partial charge in [-0.1, -0.05) is 290 Å². The highest BCUT2D eigenvalue weighted by Gasteiger charge is 2.28. The minimum absolute atomic E-state index is 0.00541. The Labute approximate surface area is 364 Å². The van der Waals surface area contributed by atoms with E-state index in [0.717, 1.165) is 57.8 Å². The minimum atomic E-state index is -0.769. The number of ketones is 1. The van der Waals surface area contributed by atoms with Gasteiger partial charge in [0.25, 0.3) is 0 Å². The van der Waals surface area contributed by atoms with Crippen LogP contribution in [0.4, 0.5) is 0 Å². The van der Waals surface area contributed by atoms with Gasteiger partial charge in [-0.3, -0.25) is 14.4 Å². The third-order valence-electron chi connectivity index (χ3n) is 12.7. The van der Waals surface area contributed by atoms with Crippen LogP contribution in [0.3, 0.4) is 0 Å². The minimum Gasteiger partial charge on any atom is -0.393 e. The van der Waals surface area contributed by atoms with E-state index in [1.807, 2.05) is 0 Å². The van der Waals surface area contributed by atoms with Gasteiger partial charge in [0.05, 0.1) is 0 Å². The molecule has 1 unspecified atom stereocenters. The number of ether oxygens (including phenoxy) is 1. The van der Waals surface area contributed by atoms with Crippen molar-refractivity contribution in [3.63, 3.8) is 0 Å². The lowest BCUT2D eigenvalue weighted by Crippen LogP contribution is -2.28. The third kappa shape index (κ3) is 42.9. The molecule has 0 aromatic carbocycles. The quantitative estimate of drug-likeness (QED) is 0.0349. The van der Waals surface area contributed by atoms with E-state index in [-0.39, 0.29) is 12.2 Å². The fraction of sp³-hybridized carbons (Fsp3) is 0.944. The number of esters is 2. The Kier molecular flexibility index (Phi) is 47.5. The SMILES string of the molecule is CCCCCCCCCCCCCCCCCC(=O)OC(=O)C(CCCCCCCCCCCCCCCC)C(=O)CCCCCCCCCCCCCCCCC. The van der Waals surface area contributed by atoms with Crippen LogP contribution in [0.25, 0.3) is 0 Å². The number of carbonyl (C=O) groups is 3. The van der Waals surface area contributed by atoms with Crippen molar-refractivity contribution in [1.82, 2.24) is 0 Å². The second kappa shape index (κ2) is 48.5. The van der Waals surface area contributed by atoms with E-state index in [0.29, 0.717) is 12.8 Å². The standard InChI is InChI=1S/C54H104O4/c1-4-7-10-13-16-19-22-25-28-31-34-37-40-43-46-49-52(55)51(48-45-42-39-36-33-30-27-24-21-18-15-12-9-6-3)54(57)58-53(56)50-47-44-41-38-35-32-29-26-23-20-17-14-11-8-5-2/h51H,4-50H2,1-3H3. The fourth-order valence-electron chi connectivity index (χ4n) is 8.67. The molecule has 58 heavy (non-hydrogen) atoms. The van der Waals surface area contributed by atoms with Crippen molar-refractivity contribution < 1.29 is 19.1 Å². The van der Waals surface area contributed by atoms with Crippen LogP contribution in [-0.4, -0.2) is 17.7 Å². The molecule has 0 amide bonds. The van der Waals surface area contributed by atoms with Crippen molar-refractivity contribution in [3.8, 4) is 0 Å². The Morgan fingerprint density at radius 1 is 0.293 bits per heavy atom. The van der Waals surface area contributed by atoms with E-state index in [4.69, 9.17) is 4.74 Å².